The Morgan fingerprint density at radius 2 is 1.76 bits per heavy atom. The van der Waals surface area contributed by atoms with Crippen molar-refractivity contribution >= 4 is 21.7 Å². The molecular weight excluding hydrogens is 456 g/mol. The van der Waals surface area contributed by atoms with Gasteiger partial charge in [0.05, 0.1) is 30.0 Å². The SMILES string of the molecule is COC(=O)CCc1c(C)nn(-c2ccc(C(=O)N3CCN(C4CCS(=O)(=O)C4)CC3)cc2)c1C. The Hall–Kier alpha value is -2.72. The lowest BCUT2D eigenvalue weighted by molar-refractivity contribution is -0.140. The number of piperazine rings is 1. The molecular formula is C24H32N4O5S. The normalized spacial score (nSPS) is 20.4. The topological polar surface area (TPSA) is 102 Å². The van der Waals surface area contributed by atoms with Crippen molar-refractivity contribution in [1.82, 2.24) is 19.6 Å². The molecule has 2 saturated heterocycles. The number of rotatable bonds is 6. The number of nitrogens with zero attached hydrogens (tertiary/aromatic N) is 4. The number of hydrogen-bond acceptors (Lipinski definition) is 7. The first-order valence-corrected chi connectivity index (χ1v) is 13.5. The number of ether oxygens (including phenoxy) is 1. The highest BCUT2D eigenvalue weighted by molar-refractivity contribution is 7.91. The molecule has 0 radical (unpaired) electrons. The molecule has 2 aliphatic heterocycles. The van der Waals surface area contributed by atoms with Gasteiger partial charge in [-0.3, -0.25) is 14.5 Å². The molecule has 184 valence electrons. The molecule has 34 heavy (non-hydrogen) atoms. The fourth-order valence-corrected chi connectivity index (χ4v) is 6.66. The number of amides is 1. The van der Waals surface area contributed by atoms with Gasteiger partial charge in [0.2, 0.25) is 0 Å². The first-order chi connectivity index (χ1) is 16.2. The summed E-state index contributed by atoms with van der Waals surface area (Å²) in [5.41, 5.74) is 4.33. The van der Waals surface area contributed by atoms with E-state index in [0.717, 1.165) is 22.6 Å². The van der Waals surface area contributed by atoms with Gasteiger partial charge in [-0.15, -0.1) is 0 Å². The van der Waals surface area contributed by atoms with E-state index in [9.17, 15) is 18.0 Å². The summed E-state index contributed by atoms with van der Waals surface area (Å²) >= 11 is 0. The molecule has 1 amide bonds. The maximum atomic E-state index is 13.0. The summed E-state index contributed by atoms with van der Waals surface area (Å²) < 4.78 is 30.1. The lowest BCUT2D eigenvalue weighted by Gasteiger charge is -2.37. The minimum atomic E-state index is -2.91. The number of esters is 1. The summed E-state index contributed by atoms with van der Waals surface area (Å²) in [5.74, 6) is 0.241. The third-order valence-corrected chi connectivity index (χ3v) is 8.68. The number of aryl methyl sites for hydroxylation is 1. The lowest BCUT2D eigenvalue weighted by Crippen LogP contribution is -2.52. The quantitative estimate of drug-likeness (QED) is 0.569. The first kappa shape index (κ1) is 24.4. The third kappa shape index (κ3) is 5.17. The number of sulfone groups is 1. The van der Waals surface area contributed by atoms with Crippen molar-refractivity contribution in [2.75, 3.05) is 44.8 Å². The molecule has 4 rings (SSSR count). The number of methoxy groups -OCH3 is 1. The molecule has 1 unspecified atom stereocenters. The Balaban J connectivity index is 1.38. The molecule has 10 heteroatoms. The van der Waals surface area contributed by atoms with Crippen LogP contribution >= 0.6 is 0 Å². The van der Waals surface area contributed by atoms with Crippen LogP contribution in [0.15, 0.2) is 24.3 Å². The summed E-state index contributed by atoms with van der Waals surface area (Å²) in [6.45, 7) is 6.49. The van der Waals surface area contributed by atoms with Crippen LogP contribution < -0.4 is 0 Å². The van der Waals surface area contributed by atoms with Crippen molar-refractivity contribution in [3.05, 3.63) is 46.8 Å². The van der Waals surface area contributed by atoms with Crippen LogP contribution in [0.4, 0.5) is 0 Å². The zero-order chi connectivity index (χ0) is 24.5. The molecule has 0 aliphatic carbocycles. The van der Waals surface area contributed by atoms with Crippen LogP contribution in [0.25, 0.3) is 5.69 Å². The predicted molar refractivity (Wildman–Crippen MR) is 128 cm³/mol. The summed E-state index contributed by atoms with van der Waals surface area (Å²) in [6, 6.07) is 7.49. The van der Waals surface area contributed by atoms with E-state index in [2.05, 4.69) is 10.00 Å². The lowest BCUT2D eigenvalue weighted by atomic mass is 10.1. The number of aromatic nitrogens is 2. The molecule has 0 N–H and O–H groups in total. The summed E-state index contributed by atoms with van der Waals surface area (Å²) in [4.78, 5) is 28.6. The van der Waals surface area contributed by atoms with Crippen molar-refractivity contribution in [2.45, 2.75) is 39.2 Å². The second-order valence-corrected chi connectivity index (χ2v) is 11.3. The van der Waals surface area contributed by atoms with Gasteiger partial charge in [-0.25, -0.2) is 13.1 Å². The van der Waals surface area contributed by atoms with Gasteiger partial charge in [-0.2, -0.15) is 5.10 Å². The fourth-order valence-electron chi connectivity index (χ4n) is 4.90. The molecule has 1 aromatic carbocycles. The molecule has 0 bridgehead atoms. The molecule has 2 fully saturated rings. The van der Waals surface area contributed by atoms with Gasteiger partial charge in [0, 0.05) is 49.9 Å². The standard InChI is InChI=1S/C24H32N4O5S/c1-17-22(8-9-23(29)33-3)18(2)28(25-17)20-6-4-19(5-7-20)24(30)27-13-11-26(12-14-27)21-10-15-34(31,32)16-21/h4-7,21H,8-16H2,1-3H3. The van der Waals surface area contributed by atoms with Gasteiger partial charge in [0.1, 0.15) is 0 Å². The molecule has 2 aromatic rings. The van der Waals surface area contributed by atoms with E-state index in [0.29, 0.717) is 51.0 Å². The van der Waals surface area contributed by atoms with E-state index in [-0.39, 0.29) is 29.4 Å². The monoisotopic (exact) mass is 488 g/mol. The van der Waals surface area contributed by atoms with E-state index in [1.807, 2.05) is 47.7 Å². The highest BCUT2D eigenvalue weighted by Gasteiger charge is 2.34. The number of hydrogen-bond donors (Lipinski definition) is 0. The molecule has 0 spiro atoms. The Bertz CT molecular complexity index is 1160. The zero-order valence-electron chi connectivity index (χ0n) is 20.0. The van der Waals surface area contributed by atoms with E-state index in [1.165, 1.54) is 7.11 Å². The second-order valence-electron chi connectivity index (χ2n) is 9.07. The number of carbonyl (C=O) groups is 2. The molecule has 0 saturated carbocycles. The van der Waals surface area contributed by atoms with Crippen LogP contribution in [0.5, 0.6) is 0 Å². The Kier molecular flexibility index (Phi) is 7.09. The molecule has 1 aromatic heterocycles. The van der Waals surface area contributed by atoms with Crippen molar-refractivity contribution in [3.63, 3.8) is 0 Å². The van der Waals surface area contributed by atoms with Crippen molar-refractivity contribution in [3.8, 4) is 5.69 Å². The van der Waals surface area contributed by atoms with Crippen LogP contribution in [0.1, 0.15) is 40.2 Å². The fraction of sp³-hybridized carbons (Fsp3) is 0.542. The smallest absolute Gasteiger partial charge is 0.305 e. The maximum absolute atomic E-state index is 13.0. The summed E-state index contributed by atoms with van der Waals surface area (Å²) in [5, 5.41) is 4.63. The van der Waals surface area contributed by atoms with Gasteiger partial charge >= 0.3 is 5.97 Å². The highest BCUT2D eigenvalue weighted by Crippen LogP contribution is 2.22. The van der Waals surface area contributed by atoms with Gasteiger partial charge in [-0.1, -0.05) is 0 Å². The van der Waals surface area contributed by atoms with Crippen LogP contribution in [-0.2, 0) is 25.8 Å². The van der Waals surface area contributed by atoms with Crippen molar-refractivity contribution in [2.24, 2.45) is 0 Å². The average Bonchev–Trinajstić information content (AvgIpc) is 3.35. The Morgan fingerprint density at radius 1 is 1.09 bits per heavy atom. The third-order valence-electron chi connectivity index (χ3n) is 6.93. The largest absolute Gasteiger partial charge is 0.469 e. The Labute approximate surface area is 200 Å². The van der Waals surface area contributed by atoms with Crippen LogP contribution in [0.2, 0.25) is 0 Å². The summed E-state index contributed by atoms with van der Waals surface area (Å²) in [6.07, 6.45) is 1.56. The van der Waals surface area contributed by atoms with Gasteiger partial charge in [0.25, 0.3) is 5.91 Å². The first-order valence-electron chi connectivity index (χ1n) is 11.6. The van der Waals surface area contributed by atoms with E-state index >= 15 is 0 Å². The van der Waals surface area contributed by atoms with E-state index < -0.39 is 9.84 Å². The zero-order valence-corrected chi connectivity index (χ0v) is 20.8. The molecule has 3 heterocycles. The minimum absolute atomic E-state index is 0.0163. The maximum Gasteiger partial charge on any atom is 0.305 e. The number of carbonyl (C=O) groups excluding carboxylic acids is 2. The van der Waals surface area contributed by atoms with E-state index in [1.54, 1.807) is 0 Å². The molecule has 1 atom stereocenters. The van der Waals surface area contributed by atoms with Crippen LogP contribution in [-0.4, -0.2) is 90.7 Å². The average molecular weight is 489 g/mol. The molecule has 9 nitrogen and oxygen atoms in total. The summed E-state index contributed by atoms with van der Waals surface area (Å²) in [7, 11) is -1.52. The molecule has 2 aliphatic rings. The van der Waals surface area contributed by atoms with E-state index in [4.69, 9.17) is 4.74 Å². The minimum Gasteiger partial charge on any atom is -0.469 e. The highest BCUT2D eigenvalue weighted by atomic mass is 32.2. The Morgan fingerprint density at radius 3 is 2.35 bits per heavy atom. The predicted octanol–water partition coefficient (Wildman–Crippen LogP) is 1.54. The van der Waals surface area contributed by atoms with Gasteiger partial charge in [0.15, 0.2) is 9.84 Å². The van der Waals surface area contributed by atoms with Crippen LogP contribution in [0.3, 0.4) is 0 Å². The van der Waals surface area contributed by atoms with Crippen molar-refractivity contribution < 1.29 is 22.7 Å². The van der Waals surface area contributed by atoms with Gasteiger partial charge < -0.3 is 9.64 Å². The van der Waals surface area contributed by atoms with Gasteiger partial charge in [-0.05, 0) is 56.5 Å². The second kappa shape index (κ2) is 9.87. The van der Waals surface area contributed by atoms with Crippen molar-refractivity contribution in [1.29, 1.82) is 0 Å². The number of benzene rings is 1. The van der Waals surface area contributed by atoms with Crippen LogP contribution in [0, 0.1) is 13.8 Å².